The van der Waals surface area contributed by atoms with Crippen LogP contribution in [0.2, 0.25) is 0 Å². The fourth-order valence-electron chi connectivity index (χ4n) is 2.14. The summed E-state index contributed by atoms with van der Waals surface area (Å²) in [7, 11) is 0. The summed E-state index contributed by atoms with van der Waals surface area (Å²) in [5, 5.41) is 2.49. The molecule has 1 aromatic rings. The maximum absolute atomic E-state index is 12.4. The molecule has 0 bridgehead atoms. The average Bonchev–Trinajstić information content (AvgIpc) is 2.65. The summed E-state index contributed by atoms with van der Waals surface area (Å²) in [6.07, 6.45) is 0.146. The van der Waals surface area contributed by atoms with E-state index in [0.717, 1.165) is 12.1 Å². The highest BCUT2D eigenvalue weighted by Gasteiger charge is 2.23. The van der Waals surface area contributed by atoms with E-state index in [1.807, 2.05) is 24.3 Å². The van der Waals surface area contributed by atoms with Crippen molar-refractivity contribution in [2.45, 2.75) is 32.8 Å². The zero-order valence-corrected chi connectivity index (χ0v) is 13.2. The van der Waals surface area contributed by atoms with Crippen molar-refractivity contribution in [3.05, 3.63) is 24.3 Å². The number of para-hydroxylation sites is 2. The van der Waals surface area contributed by atoms with Crippen LogP contribution in [0.15, 0.2) is 24.3 Å². The van der Waals surface area contributed by atoms with Crippen LogP contribution in [0.25, 0.3) is 0 Å². The smallest absolute Gasteiger partial charge is 0.408 e. The number of hydrogen-bond acceptors (Lipinski definition) is 4. The molecule has 0 atom stereocenters. The summed E-state index contributed by atoms with van der Waals surface area (Å²) >= 11 is 0. The summed E-state index contributed by atoms with van der Waals surface area (Å²) in [5.41, 5.74) is 0.145. The maximum Gasteiger partial charge on any atom is 0.408 e. The molecule has 1 aromatic carbocycles. The quantitative estimate of drug-likeness (QED) is 0.910. The molecule has 2 amide bonds. The first-order chi connectivity index (χ1) is 10.4. The van der Waals surface area contributed by atoms with Crippen LogP contribution < -0.4 is 15.0 Å². The van der Waals surface area contributed by atoms with Gasteiger partial charge in [-0.25, -0.2) is 4.79 Å². The van der Waals surface area contributed by atoms with Gasteiger partial charge < -0.3 is 19.7 Å². The lowest BCUT2D eigenvalue weighted by molar-refractivity contribution is -0.117. The number of fused-ring (bicyclic) bond motifs is 1. The standard InChI is InChI=1S/C16H22N2O4/c1-16(2,3)22-15(20)17-11-14(19)18-9-6-10-21-13-8-5-4-7-12(13)18/h4-5,7-8H,6,9-11H2,1-3H3,(H,17,20). The summed E-state index contributed by atoms with van der Waals surface area (Å²) in [4.78, 5) is 25.7. The first-order valence-corrected chi connectivity index (χ1v) is 7.36. The second-order valence-electron chi connectivity index (χ2n) is 6.07. The van der Waals surface area contributed by atoms with Crippen LogP contribution in [-0.4, -0.2) is 37.3 Å². The van der Waals surface area contributed by atoms with Crippen molar-refractivity contribution in [3.8, 4) is 5.75 Å². The Morgan fingerprint density at radius 1 is 1.32 bits per heavy atom. The Hall–Kier alpha value is -2.24. The first-order valence-electron chi connectivity index (χ1n) is 7.36. The van der Waals surface area contributed by atoms with Gasteiger partial charge in [0.25, 0.3) is 0 Å². The first kappa shape index (κ1) is 16.1. The third-order valence-electron chi connectivity index (χ3n) is 3.02. The molecule has 2 rings (SSSR count). The topological polar surface area (TPSA) is 67.9 Å². The van der Waals surface area contributed by atoms with E-state index in [0.29, 0.717) is 18.9 Å². The molecular weight excluding hydrogens is 284 g/mol. The van der Waals surface area contributed by atoms with Gasteiger partial charge in [0, 0.05) is 6.54 Å². The number of hydrogen-bond donors (Lipinski definition) is 1. The molecule has 0 unspecified atom stereocenters. The third-order valence-corrected chi connectivity index (χ3v) is 3.02. The Morgan fingerprint density at radius 2 is 2.05 bits per heavy atom. The zero-order chi connectivity index (χ0) is 16.2. The highest BCUT2D eigenvalue weighted by molar-refractivity contribution is 5.97. The second kappa shape index (κ2) is 6.68. The fraction of sp³-hybridized carbons (Fsp3) is 0.500. The molecule has 0 saturated carbocycles. The van der Waals surface area contributed by atoms with Crippen molar-refractivity contribution in [1.82, 2.24) is 5.32 Å². The van der Waals surface area contributed by atoms with Crippen LogP contribution in [0.1, 0.15) is 27.2 Å². The number of benzene rings is 1. The summed E-state index contributed by atoms with van der Waals surface area (Å²) < 4.78 is 10.7. The monoisotopic (exact) mass is 306 g/mol. The van der Waals surface area contributed by atoms with E-state index in [1.54, 1.807) is 25.7 Å². The molecule has 6 heteroatoms. The molecular formula is C16H22N2O4. The molecule has 0 aliphatic carbocycles. The molecule has 0 aromatic heterocycles. The van der Waals surface area contributed by atoms with Gasteiger partial charge in [0.1, 0.15) is 17.9 Å². The Bertz CT molecular complexity index is 551. The van der Waals surface area contributed by atoms with Crippen LogP contribution >= 0.6 is 0 Å². The number of carbonyl (C=O) groups is 2. The molecule has 1 heterocycles. The third kappa shape index (κ3) is 4.38. The van der Waals surface area contributed by atoms with Gasteiger partial charge in [-0.15, -0.1) is 0 Å². The van der Waals surface area contributed by atoms with E-state index in [-0.39, 0.29) is 12.5 Å². The van der Waals surface area contributed by atoms with E-state index in [4.69, 9.17) is 9.47 Å². The number of nitrogens with one attached hydrogen (secondary N) is 1. The lowest BCUT2D eigenvalue weighted by Crippen LogP contribution is -2.42. The van der Waals surface area contributed by atoms with E-state index >= 15 is 0 Å². The van der Waals surface area contributed by atoms with E-state index in [1.165, 1.54) is 0 Å². The average molecular weight is 306 g/mol. The molecule has 0 fully saturated rings. The van der Waals surface area contributed by atoms with Gasteiger partial charge in [0.2, 0.25) is 5.91 Å². The minimum absolute atomic E-state index is 0.108. The molecule has 6 nitrogen and oxygen atoms in total. The van der Waals surface area contributed by atoms with Crippen molar-refractivity contribution >= 4 is 17.7 Å². The number of amides is 2. The Kier molecular flexibility index (Phi) is 4.90. The van der Waals surface area contributed by atoms with Crippen molar-refractivity contribution in [2.24, 2.45) is 0 Å². The predicted molar refractivity (Wildman–Crippen MR) is 83.1 cm³/mol. The molecule has 1 N–H and O–H groups in total. The summed E-state index contributed by atoms with van der Waals surface area (Å²) in [6, 6.07) is 7.40. The van der Waals surface area contributed by atoms with Crippen LogP contribution in [0.3, 0.4) is 0 Å². The molecule has 1 aliphatic heterocycles. The van der Waals surface area contributed by atoms with Gasteiger partial charge in [-0.1, -0.05) is 12.1 Å². The molecule has 0 radical (unpaired) electrons. The van der Waals surface area contributed by atoms with Crippen LogP contribution in [0, 0.1) is 0 Å². The molecule has 22 heavy (non-hydrogen) atoms. The number of ether oxygens (including phenoxy) is 2. The Morgan fingerprint density at radius 3 is 2.77 bits per heavy atom. The Labute approximate surface area is 130 Å². The number of nitrogens with zero attached hydrogens (tertiary/aromatic N) is 1. The van der Waals surface area contributed by atoms with Gasteiger partial charge in [0.15, 0.2) is 0 Å². The molecule has 0 spiro atoms. The van der Waals surface area contributed by atoms with Crippen LogP contribution in [-0.2, 0) is 9.53 Å². The molecule has 1 aliphatic rings. The van der Waals surface area contributed by atoms with E-state index in [9.17, 15) is 9.59 Å². The molecule has 0 saturated heterocycles. The predicted octanol–water partition coefficient (Wildman–Crippen LogP) is 2.33. The van der Waals surface area contributed by atoms with Crippen LogP contribution in [0.4, 0.5) is 10.5 Å². The van der Waals surface area contributed by atoms with Crippen molar-refractivity contribution in [1.29, 1.82) is 0 Å². The minimum Gasteiger partial charge on any atom is -0.491 e. The van der Waals surface area contributed by atoms with Crippen LogP contribution in [0.5, 0.6) is 5.75 Å². The van der Waals surface area contributed by atoms with Gasteiger partial charge in [-0.05, 0) is 39.3 Å². The second-order valence-corrected chi connectivity index (χ2v) is 6.07. The van der Waals surface area contributed by atoms with Crippen molar-refractivity contribution < 1.29 is 19.1 Å². The highest BCUT2D eigenvalue weighted by atomic mass is 16.6. The SMILES string of the molecule is CC(C)(C)OC(=O)NCC(=O)N1CCCOc2ccccc21. The van der Waals surface area contributed by atoms with E-state index in [2.05, 4.69) is 5.32 Å². The number of rotatable bonds is 2. The lowest BCUT2D eigenvalue weighted by atomic mass is 10.2. The fourth-order valence-corrected chi connectivity index (χ4v) is 2.14. The number of anilines is 1. The summed E-state index contributed by atoms with van der Waals surface area (Å²) in [6.45, 7) is 6.35. The zero-order valence-electron chi connectivity index (χ0n) is 13.2. The maximum atomic E-state index is 12.4. The minimum atomic E-state index is -0.597. The summed E-state index contributed by atoms with van der Waals surface area (Å²) in [5.74, 6) is 0.495. The van der Waals surface area contributed by atoms with Gasteiger partial charge in [0.05, 0.1) is 12.3 Å². The van der Waals surface area contributed by atoms with E-state index < -0.39 is 11.7 Å². The number of carbonyl (C=O) groups excluding carboxylic acids is 2. The highest BCUT2D eigenvalue weighted by Crippen LogP contribution is 2.30. The number of alkyl carbamates (subject to hydrolysis) is 1. The normalized spacial score (nSPS) is 14.4. The lowest BCUT2D eigenvalue weighted by Gasteiger charge is -2.23. The van der Waals surface area contributed by atoms with Crippen molar-refractivity contribution in [2.75, 3.05) is 24.6 Å². The molecule has 120 valence electrons. The van der Waals surface area contributed by atoms with Gasteiger partial charge in [-0.3, -0.25) is 4.79 Å². The van der Waals surface area contributed by atoms with Gasteiger partial charge >= 0.3 is 6.09 Å². The Balaban J connectivity index is 1.99. The van der Waals surface area contributed by atoms with Crippen molar-refractivity contribution in [3.63, 3.8) is 0 Å². The largest absolute Gasteiger partial charge is 0.491 e. The van der Waals surface area contributed by atoms with Gasteiger partial charge in [-0.2, -0.15) is 0 Å².